The van der Waals surface area contributed by atoms with Crippen molar-refractivity contribution in [3.63, 3.8) is 0 Å². The number of fused-ring (bicyclic) bond motifs is 7. The van der Waals surface area contributed by atoms with E-state index >= 15 is 0 Å². The van der Waals surface area contributed by atoms with E-state index in [0.29, 0.717) is 0 Å². The van der Waals surface area contributed by atoms with Gasteiger partial charge in [-0.05, 0) is 29.8 Å². The van der Waals surface area contributed by atoms with E-state index in [1.165, 1.54) is 42.5 Å². The van der Waals surface area contributed by atoms with Crippen LogP contribution in [0.2, 0.25) is 0 Å². The Kier molecular flexibility index (Phi) is 7.61. The van der Waals surface area contributed by atoms with Crippen molar-refractivity contribution < 1.29 is 52.3 Å². The van der Waals surface area contributed by atoms with Gasteiger partial charge >= 0.3 is 0 Å². The topological polar surface area (TPSA) is 70.3 Å². The van der Waals surface area contributed by atoms with Gasteiger partial charge in [0.25, 0.3) is 0 Å². The minimum absolute atomic E-state index is 0.0550. The molecule has 0 bridgehead atoms. The highest BCUT2D eigenvalue weighted by atomic mass is 32.2. The van der Waals surface area contributed by atoms with Crippen molar-refractivity contribution in [2.75, 3.05) is 0 Å². The summed E-state index contributed by atoms with van der Waals surface area (Å²) in [7, 11) is -4.48. The standard InChI is InChI=1S/C32H8F10N2O2S3/c33-19-21(35)25(39)30(26(40)22(19)36)47-10-2-4-13-16(7-10)29(44-9-43)15-6-5-14-12-3-1-11(8-17(12)49(45,46)32(14)18(13)15)48-31-27(41)23(37)20(34)24(38)28(31)42/h1-8H. The van der Waals surface area contributed by atoms with E-state index in [1.807, 2.05) is 0 Å². The molecular formula is C32H8F10N2O2S3. The molecule has 7 rings (SSSR count). The van der Waals surface area contributed by atoms with E-state index in [4.69, 9.17) is 0 Å². The van der Waals surface area contributed by atoms with Crippen LogP contribution >= 0.6 is 23.5 Å². The highest BCUT2D eigenvalue weighted by Gasteiger charge is 2.41. The lowest BCUT2D eigenvalue weighted by Crippen LogP contribution is -2.03. The summed E-state index contributed by atoms with van der Waals surface area (Å²) < 4.78 is 168. The van der Waals surface area contributed by atoms with Crippen LogP contribution in [0.25, 0.3) is 22.3 Å². The van der Waals surface area contributed by atoms with Gasteiger partial charge in [-0.15, -0.1) is 0 Å². The Bertz CT molecular complexity index is 2490. The Morgan fingerprint density at radius 1 is 0.531 bits per heavy atom. The molecule has 0 spiro atoms. The van der Waals surface area contributed by atoms with Gasteiger partial charge in [-0.1, -0.05) is 47.8 Å². The lowest BCUT2D eigenvalue weighted by molar-refractivity contribution is 0.361. The molecule has 0 aromatic heterocycles. The van der Waals surface area contributed by atoms with Crippen molar-refractivity contribution in [2.24, 2.45) is 4.99 Å². The molecule has 17 heteroatoms. The molecule has 0 fully saturated rings. The van der Waals surface area contributed by atoms with Crippen molar-refractivity contribution in [3.8, 4) is 28.4 Å². The van der Waals surface area contributed by atoms with E-state index in [1.54, 1.807) is 6.19 Å². The lowest BCUT2D eigenvalue weighted by atomic mass is 9.98. The second-order valence-corrected chi connectivity index (χ2v) is 14.3. The molecule has 0 radical (unpaired) electrons. The van der Waals surface area contributed by atoms with Crippen LogP contribution in [0.15, 0.2) is 82.9 Å². The summed E-state index contributed by atoms with van der Waals surface area (Å²) >= 11 is 0.300. The first-order valence-electron chi connectivity index (χ1n) is 13.3. The highest BCUT2D eigenvalue weighted by Crippen LogP contribution is 2.53. The van der Waals surface area contributed by atoms with E-state index in [0.717, 1.165) is 6.07 Å². The van der Waals surface area contributed by atoms with Crippen LogP contribution < -0.4 is 0 Å². The zero-order chi connectivity index (χ0) is 35.3. The van der Waals surface area contributed by atoms with Gasteiger partial charge in [-0.2, -0.15) is 10.3 Å². The van der Waals surface area contributed by atoms with E-state index in [-0.39, 0.29) is 82.2 Å². The molecule has 5 aromatic rings. The van der Waals surface area contributed by atoms with Crippen LogP contribution in [0.1, 0.15) is 11.1 Å². The molecule has 0 saturated heterocycles. The highest BCUT2D eigenvalue weighted by molar-refractivity contribution is 7.99. The molecule has 5 aromatic carbocycles. The van der Waals surface area contributed by atoms with E-state index in [2.05, 4.69) is 4.99 Å². The summed E-state index contributed by atoms with van der Waals surface area (Å²) in [5.41, 5.74) is 0.683. The van der Waals surface area contributed by atoms with Crippen molar-refractivity contribution in [1.29, 1.82) is 5.26 Å². The Hall–Kier alpha value is -4.79. The van der Waals surface area contributed by atoms with E-state index in [9.17, 15) is 57.6 Å². The Morgan fingerprint density at radius 3 is 1.47 bits per heavy atom. The molecule has 0 unspecified atom stereocenters. The van der Waals surface area contributed by atoms with Gasteiger partial charge in [-0.3, -0.25) is 0 Å². The van der Waals surface area contributed by atoms with Gasteiger partial charge in [0, 0.05) is 37.6 Å². The van der Waals surface area contributed by atoms with Gasteiger partial charge in [0.15, 0.2) is 46.5 Å². The van der Waals surface area contributed by atoms with Gasteiger partial charge in [0.2, 0.25) is 27.7 Å². The summed E-state index contributed by atoms with van der Waals surface area (Å²) in [6.07, 6.45) is 1.59. The first kappa shape index (κ1) is 32.7. The molecule has 246 valence electrons. The number of nitrogens with zero attached hydrogens (tertiary/aromatic N) is 2. The fourth-order valence-corrected chi connectivity index (χ4v) is 9.37. The van der Waals surface area contributed by atoms with Gasteiger partial charge in [0.1, 0.15) is 0 Å². The predicted octanol–water partition coefficient (Wildman–Crippen LogP) is 9.49. The minimum Gasteiger partial charge on any atom is -0.218 e. The number of halogens is 10. The second-order valence-electron chi connectivity index (χ2n) is 10.3. The maximum atomic E-state index is 14.4. The van der Waals surface area contributed by atoms with Crippen molar-refractivity contribution in [3.05, 3.63) is 118 Å². The maximum Gasteiger partial charge on any atom is 0.208 e. The summed E-state index contributed by atoms with van der Waals surface area (Å²) in [5.74, 6) is -21.7. The van der Waals surface area contributed by atoms with Crippen molar-refractivity contribution in [1.82, 2.24) is 0 Å². The molecule has 2 aliphatic rings. The number of rotatable bonds is 4. The number of benzene rings is 5. The van der Waals surface area contributed by atoms with E-state index < -0.39 is 77.8 Å². The fourth-order valence-electron chi connectivity index (χ4n) is 5.56. The Morgan fingerprint density at radius 2 is 0.959 bits per heavy atom. The Labute approximate surface area is 276 Å². The maximum absolute atomic E-state index is 14.4. The second kappa shape index (κ2) is 11.4. The van der Waals surface area contributed by atoms with Crippen LogP contribution in [0, 0.1) is 69.6 Å². The molecule has 0 atom stereocenters. The summed E-state index contributed by atoms with van der Waals surface area (Å²) in [5, 5.41) is 9.42. The molecular weight excluding hydrogens is 731 g/mol. The fraction of sp³-hybridized carbons (Fsp3) is 0. The molecule has 49 heavy (non-hydrogen) atoms. The third-order valence-corrected chi connectivity index (χ3v) is 11.7. The molecule has 1 aliphatic carbocycles. The molecule has 4 nitrogen and oxygen atoms in total. The number of sulfone groups is 1. The van der Waals surface area contributed by atoms with Gasteiger partial charge < -0.3 is 0 Å². The Balaban J connectivity index is 1.34. The lowest BCUT2D eigenvalue weighted by Gasteiger charge is -2.10. The number of nitriles is 1. The van der Waals surface area contributed by atoms with Crippen LogP contribution in [0.5, 0.6) is 0 Å². The summed E-state index contributed by atoms with van der Waals surface area (Å²) in [6.45, 7) is 0. The first-order valence-corrected chi connectivity index (χ1v) is 16.4. The van der Waals surface area contributed by atoms with Crippen LogP contribution in [-0.2, 0) is 9.84 Å². The smallest absolute Gasteiger partial charge is 0.208 e. The average molecular weight is 739 g/mol. The zero-order valence-corrected chi connectivity index (χ0v) is 25.8. The first-order chi connectivity index (χ1) is 23.2. The van der Waals surface area contributed by atoms with Crippen LogP contribution in [0.3, 0.4) is 0 Å². The van der Waals surface area contributed by atoms with Crippen molar-refractivity contribution >= 4 is 39.1 Å². The number of hydrogen-bond acceptors (Lipinski definition) is 6. The quantitative estimate of drug-likeness (QED) is 0.0779. The number of aliphatic imine (C=N–C) groups is 1. The van der Waals surface area contributed by atoms with Crippen molar-refractivity contribution in [2.45, 2.75) is 29.4 Å². The third kappa shape index (κ3) is 4.68. The normalized spacial score (nSPS) is 14.4. The molecule has 0 N–H and O–H groups in total. The molecule has 1 heterocycles. The molecule has 1 aliphatic heterocycles. The monoisotopic (exact) mass is 738 g/mol. The predicted molar refractivity (Wildman–Crippen MR) is 155 cm³/mol. The minimum atomic E-state index is -4.48. The van der Waals surface area contributed by atoms with Crippen LogP contribution in [0.4, 0.5) is 43.9 Å². The SMILES string of the molecule is N#CN=C1c2cc(Sc3c(F)c(F)c(F)c(F)c3F)ccc2-c2c1ccc1c2S(=O)(=O)c2cc(Sc3c(F)c(F)c(F)c(F)c3F)ccc2-1. The number of hydrogen-bond donors (Lipinski definition) is 0. The molecule has 0 saturated carbocycles. The largest absolute Gasteiger partial charge is 0.218 e. The van der Waals surface area contributed by atoms with Gasteiger partial charge in [0.05, 0.1) is 25.3 Å². The molecule has 0 amide bonds. The zero-order valence-electron chi connectivity index (χ0n) is 23.3. The van der Waals surface area contributed by atoms with Crippen LogP contribution in [-0.4, -0.2) is 14.1 Å². The summed E-state index contributed by atoms with van der Waals surface area (Å²) in [4.78, 5) is 0.448. The van der Waals surface area contributed by atoms with Gasteiger partial charge in [-0.25, -0.2) is 52.3 Å². The average Bonchev–Trinajstić information content (AvgIpc) is 3.52. The summed E-state index contributed by atoms with van der Waals surface area (Å²) in [6, 6.07) is 10.1. The third-order valence-electron chi connectivity index (χ3n) is 7.67.